The third kappa shape index (κ3) is 3.67. The zero-order valence-electron chi connectivity index (χ0n) is 10.1. The molecule has 0 aliphatic rings. The predicted molar refractivity (Wildman–Crippen MR) is 60.1 cm³/mol. The Morgan fingerprint density at radius 1 is 1.47 bits per heavy atom. The Morgan fingerprint density at radius 2 is 2.16 bits per heavy atom. The summed E-state index contributed by atoms with van der Waals surface area (Å²) in [5, 5.41) is 2.28. The maximum absolute atomic E-state index is 10.9. The first-order valence-electron chi connectivity index (χ1n) is 4.71. The molecule has 19 heavy (non-hydrogen) atoms. The van der Waals surface area contributed by atoms with Gasteiger partial charge in [-0.1, -0.05) is 0 Å². The number of hydrogen-bond acceptors (Lipinski definition) is 6. The Balaban J connectivity index is 0.00000180. The van der Waals surface area contributed by atoms with Gasteiger partial charge in [0.25, 0.3) is 0 Å². The molecule has 0 unspecified atom stereocenters. The number of imidazole rings is 1. The third-order valence-electron chi connectivity index (χ3n) is 2.15. The quantitative estimate of drug-likeness (QED) is 0.472. The number of carbonyl (C=O) groups is 1. The fourth-order valence-corrected chi connectivity index (χ4v) is 1.84. The van der Waals surface area contributed by atoms with Crippen molar-refractivity contribution in [2.45, 2.75) is 4.90 Å². The molecule has 0 saturated carbocycles. The molecule has 0 bridgehead atoms. The van der Waals surface area contributed by atoms with Crippen molar-refractivity contribution in [3.05, 3.63) is 18.2 Å². The number of aromatic nitrogens is 2. The molecule has 96 valence electrons. The molecule has 2 rings (SSSR count). The summed E-state index contributed by atoms with van der Waals surface area (Å²) in [6, 6.07) is 3.66. The van der Waals surface area contributed by atoms with Crippen LogP contribution in [0.1, 0.15) is 0 Å². The Labute approximate surface area is 130 Å². The molecule has 0 aliphatic heterocycles. The molecule has 0 radical (unpaired) electrons. The van der Waals surface area contributed by atoms with E-state index < -0.39 is 16.2 Å². The molecule has 0 spiro atoms. The van der Waals surface area contributed by atoms with Crippen molar-refractivity contribution in [3.63, 3.8) is 0 Å². The van der Waals surface area contributed by atoms with E-state index in [1.54, 1.807) is 0 Å². The van der Waals surface area contributed by atoms with Crippen molar-refractivity contribution < 1.29 is 52.1 Å². The molecule has 1 amide bonds. The van der Waals surface area contributed by atoms with E-state index in [9.17, 15) is 17.8 Å². The van der Waals surface area contributed by atoms with Gasteiger partial charge >= 0.3 is 35.7 Å². The number of ether oxygens (including phenoxy) is 1. The molecule has 2 N–H and O–H groups in total. The topological polar surface area (TPSA) is 124 Å². The number of H-pyrrole nitrogens is 1. The van der Waals surface area contributed by atoms with Gasteiger partial charge in [0.1, 0.15) is 10.1 Å². The Hall–Kier alpha value is -1.13. The van der Waals surface area contributed by atoms with Crippen LogP contribution in [-0.4, -0.2) is 36.1 Å². The monoisotopic (exact) mass is 293 g/mol. The standard InChI is InChI=1S/C9H9N3O5S.Na/c1-17-9(13)12-8-10-6-3-2-5(18(14,15)16)4-7(6)11-8;/h2-4H,1H3,(H,14,15,16)(H2,10,11,12,13);/q;+1/p-1. The number of fused-ring (bicyclic) bond motifs is 1. The molecular weight excluding hydrogens is 285 g/mol. The van der Waals surface area contributed by atoms with E-state index in [1.165, 1.54) is 13.2 Å². The first-order valence-corrected chi connectivity index (χ1v) is 6.11. The molecule has 8 nitrogen and oxygen atoms in total. The number of hydrogen-bond donors (Lipinski definition) is 2. The average molecular weight is 293 g/mol. The predicted octanol–water partition coefficient (Wildman–Crippen LogP) is -2.35. The van der Waals surface area contributed by atoms with Crippen molar-refractivity contribution in [3.8, 4) is 0 Å². The number of anilines is 1. The Morgan fingerprint density at radius 3 is 2.74 bits per heavy atom. The number of aromatic amines is 1. The van der Waals surface area contributed by atoms with Crippen molar-refractivity contribution in [2.24, 2.45) is 0 Å². The summed E-state index contributed by atoms with van der Waals surface area (Å²) in [4.78, 5) is 17.2. The van der Waals surface area contributed by atoms with Gasteiger partial charge in [-0.3, -0.25) is 5.32 Å². The maximum Gasteiger partial charge on any atom is 1.00 e. The van der Waals surface area contributed by atoms with Crippen molar-refractivity contribution in [1.29, 1.82) is 0 Å². The summed E-state index contributed by atoms with van der Waals surface area (Å²) in [6.45, 7) is 0. The van der Waals surface area contributed by atoms with Crippen molar-refractivity contribution in [1.82, 2.24) is 9.97 Å². The number of methoxy groups -OCH3 is 1. The van der Waals surface area contributed by atoms with Crippen molar-refractivity contribution in [2.75, 3.05) is 12.4 Å². The van der Waals surface area contributed by atoms with Crippen LogP contribution in [0.25, 0.3) is 11.0 Å². The zero-order chi connectivity index (χ0) is 13.3. The van der Waals surface area contributed by atoms with Gasteiger partial charge in [-0.15, -0.1) is 0 Å². The molecule has 10 heteroatoms. The summed E-state index contributed by atoms with van der Waals surface area (Å²) in [5.74, 6) is 0.0947. The van der Waals surface area contributed by atoms with Gasteiger partial charge in [0.15, 0.2) is 0 Å². The molecular formula is C9H8N3NaO5S. The van der Waals surface area contributed by atoms with Crippen molar-refractivity contribution >= 4 is 33.2 Å². The summed E-state index contributed by atoms with van der Waals surface area (Å²) < 4.78 is 36.8. The number of benzene rings is 1. The number of nitrogens with zero attached hydrogens (tertiary/aromatic N) is 1. The first kappa shape index (κ1) is 15.9. The fraction of sp³-hybridized carbons (Fsp3) is 0.111. The molecule has 0 fully saturated rings. The fourth-order valence-electron chi connectivity index (χ4n) is 1.35. The van der Waals surface area contributed by atoms with Crippen LogP contribution in [0.4, 0.5) is 10.7 Å². The molecule has 0 aliphatic carbocycles. The van der Waals surface area contributed by atoms with Gasteiger partial charge < -0.3 is 14.3 Å². The molecule has 0 saturated heterocycles. The van der Waals surface area contributed by atoms with E-state index >= 15 is 0 Å². The average Bonchev–Trinajstić information content (AvgIpc) is 2.68. The Bertz CT molecular complexity index is 712. The summed E-state index contributed by atoms with van der Waals surface area (Å²) in [6.07, 6.45) is -0.717. The first-order chi connectivity index (χ1) is 8.40. The van der Waals surface area contributed by atoms with E-state index in [0.29, 0.717) is 5.52 Å². The molecule has 1 heterocycles. The van der Waals surface area contributed by atoms with Crippen LogP contribution in [0.5, 0.6) is 0 Å². The van der Waals surface area contributed by atoms with Crippen LogP contribution < -0.4 is 34.9 Å². The van der Waals surface area contributed by atoms with E-state index in [0.717, 1.165) is 12.1 Å². The van der Waals surface area contributed by atoms with Gasteiger partial charge in [0, 0.05) is 0 Å². The van der Waals surface area contributed by atoms with Gasteiger partial charge in [-0.05, 0) is 18.2 Å². The van der Waals surface area contributed by atoms with Gasteiger partial charge in [0.2, 0.25) is 5.95 Å². The minimum atomic E-state index is -4.53. The number of carbonyl (C=O) groups excluding carboxylic acids is 1. The van der Waals surface area contributed by atoms with Crippen LogP contribution in [0.3, 0.4) is 0 Å². The number of rotatable bonds is 2. The minimum absolute atomic E-state index is 0. The summed E-state index contributed by atoms with van der Waals surface area (Å²) >= 11 is 0. The van der Waals surface area contributed by atoms with Crippen LogP contribution in [-0.2, 0) is 14.9 Å². The largest absolute Gasteiger partial charge is 1.00 e. The SMILES string of the molecule is COC(=O)Nc1nc2cc(S(=O)(=O)[O-])ccc2[nH]1.[Na+]. The molecule has 1 aromatic carbocycles. The van der Waals surface area contributed by atoms with Gasteiger partial charge in [0.05, 0.1) is 23.0 Å². The second kappa shape index (κ2) is 5.88. The van der Waals surface area contributed by atoms with E-state index in [2.05, 4.69) is 20.0 Å². The smallest absolute Gasteiger partial charge is 0.744 e. The summed E-state index contributed by atoms with van der Waals surface area (Å²) in [5.41, 5.74) is 0.729. The van der Waals surface area contributed by atoms with Crippen LogP contribution in [0, 0.1) is 0 Å². The van der Waals surface area contributed by atoms with E-state index in [-0.39, 0.29) is 45.9 Å². The van der Waals surface area contributed by atoms with Crippen LogP contribution >= 0.6 is 0 Å². The van der Waals surface area contributed by atoms with Gasteiger partial charge in [-0.25, -0.2) is 18.2 Å². The van der Waals surface area contributed by atoms with E-state index in [4.69, 9.17) is 0 Å². The summed E-state index contributed by atoms with van der Waals surface area (Å²) in [7, 11) is -3.33. The van der Waals surface area contributed by atoms with Gasteiger partial charge in [-0.2, -0.15) is 0 Å². The second-order valence-electron chi connectivity index (χ2n) is 3.34. The maximum atomic E-state index is 10.9. The molecule has 2 aromatic rings. The van der Waals surface area contributed by atoms with Crippen LogP contribution in [0.15, 0.2) is 23.1 Å². The zero-order valence-corrected chi connectivity index (χ0v) is 12.9. The normalized spacial score (nSPS) is 10.8. The number of amides is 1. The second-order valence-corrected chi connectivity index (χ2v) is 4.71. The molecule has 0 atom stereocenters. The van der Waals surface area contributed by atoms with Crippen LogP contribution in [0.2, 0.25) is 0 Å². The number of nitrogens with one attached hydrogen (secondary N) is 2. The van der Waals surface area contributed by atoms with E-state index in [1.807, 2.05) is 0 Å². The molecule has 1 aromatic heterocycles. The third-order valence-corrected chi connectivity index (χ3v) is 2.98. The minimum Gasteiger partial charge on any atom is -0.744 e. The Kier molecular flexibility index (Phi) is 4.93.